The van der Waals surface area contributed by atoms with Crippen molar-refractivity contribution in [2.45, 2.75) is 79.2 Å². The molecule has 2 aliphatic carbocycles. The normalized spacial score (nSPS) is 32.5. The van der Waals surface area contributed by atoms with Gasteiger partial charge in [-0.1, -0.05) is 37.1 Å². The molecule has 25 heavy (non-hydrogen) atoms. The lowest BCUT2D eigenvalue weighted by atomic mass is 9.64. The molecule has 2 heteroatoms. The van der Waals surface area contributed by atoms with Gasteiger partial charge in [0.25, 0.3) is 0 Å². The van der Waals surface area contributed by atoms with Gasteiger partial charge >= 0.3 is 0 Å². The van der Waals surface area contributed by atoms with E-state index in [1.54, 1.807) is 0 Å². The standard InChI is InChI=1S/C23H41NO/c1-17(2)7-6-8-18(3)9-10-24-11-12-25-23-20(5)15-21-13-19(4)14-22(23)16-21/h7,9,19-24H,6,8,10-16H2,1-5H3/b18-9+. The molecule has 144 valence electrons. The molecule has 1 N–H and O–H groups in total. The first-order valence-corrected chi connectivity index (χ1v) is 10.6. The molecule has 2 bridgehead atoms. The third-order valence-corrected chi connectivity index (χ3v) is 6.08. The van der Waals surface area contributed by atoms with Crippen molar-refractivity contribution in [2.24, 2.45) is 23.7 Å². The summed E-state index contributed by atoms with van der Waals surface area (Å²) in [5.74, 6) is 3.43. The highest BCUT2D eigenvalue weighted by atomic mass is 16.5. The highest BCUT2D eigenvalue weighted by Crippen LogP contribution is 2.45. The molecule has 2 nitrogen and oxygen atoms in total. The van der Waals surface area contributed by atoms with Gasteiger partial charge in [0, 0.05) is 13.1 Å². The van der Waals surface area contributed by atoms with Crippen molar-refractivity contribution in [1.82, 2.24) is 5.32 Å². The van der Waals surface area contributed by atoms with Crippen LogP contribution in [0.25, 0.3) is 0 Å². The van der Waals surface area contributed by atoms with E-state index in [2.05, 4.69) is 52.1 Å². The highest BCUT2D eigenvalue weighted by molar-refractivity contribution is 5.02. The Labute approximate surface area is 156 Å². The fraction of sp³-hybridized carbons (Fsp3) is 0.826. The average Bonchev–Trinajstić information content (AvgIpc) is 2.52. The van der Waals surface area contributed by atoms with Crippen LogP contribution in [0.15, 0.2) is 23.3 Å². The van der Waals surface area contributed by atoms with Crippen LogP contribution in [0.1, 0.15) is 73.1 Å². The van der Waals surface area contributed by atoms with Crippen molar-refractivity contribution >= 4 is 0 Å². The van der Waals surface area contributed by atoms with E-state index in [4.69, 9.17) is 4.74 Å². The predicted molar refractivity (Wildman–Crippen MR) is 109 cm³/mol. The Morgan fingerprint density at radius 1 is 1.04 bits per heavy atom. The summed E-state index contributed by atoms with van der Waals surface area (Å²) in [4.78, 5) is 0. The molecule has 5 unspecified atom stereocenters. The second-order valence-corrected chi connectivity index (χ2v) is 9.06. The third kappa shape index (κ3) is 7.27. The summed E-state index contributed by atoms with van der Waals surface area (Å²) in [7, 11) is 0. The lowest BCUT2D eigenvalue weighted by Crippen LogP contribution is -2.43. The number of nitrogens with one attached hydrogen (secondary N) is 1. The van der Waals surface area contributed by atoms with E-state index in [0.717, 1.165) is 49.8 Å². The van der Waals surface area contributed by atoms with E-state index in [0.29, 0.717) is 6.10 Å². The van der Waals surface area contributed by atoms with Crippen molar-refractivity contribution < 1.29 is 4.74 Å². The van der Waals surface area contributed by atoms with E-state index in [9.17, 15) is 0 Å². The molecule has 0 heterocycles. The maximum atomic E-state index is 6.34. The molecule has 0 aromatic heterocycles. The van der Waals surface area contributed by atoms with Crippen LogP contribution >= 0.6 is 0 Å². The van der Waals surface area contributed by atoms with Crippen LogP contribution in [0.2, 0.25) is 0 Å². The number of hydrogen-bond donors (Lipinski definition) is 1. The lowest BCUT2D eigenvalue weighted by molar-refractivity contribution is -0.0778. The van der Waals surface area contributed by atoms with Gasteiger partial charge in [-0.25, -0.2) is 0 Å². The smallest absolute Gasteiger partial charge is 0.0629 e. The van der Waals surface area contributed by atoms with Crippen molar-refractivity contribution in [2.75, 3.05) is 19.7 Å². The molecular formula is C23H41NO. The molecule has 0 radical (unpaired) electrons. The zero-order valence-electron chi connectivity index (χ0n) is 17.3. The fourth-order valence-corrected chi connectivity index (χ4v) is 4.99. The molecule has 0 amide bonds. The molecule has 0 spiro atoms. The molecule has 0 saturated heterocycles. The highest BCUT2D eigenvalue weighted by Gasteiger charge is 2.40. The summed E-state index contributed by atoms with van der Waals surface area (Å²) in [5, 5.41) is 3.52. The van der Waals surface area contributed by atoms with Crippen LogP contribution in [0, 0.1) is 23.7 Å². The van der Waals surface area contributed by atoms with Crippen LogP contribution < -0.4 is 5.32 Å². The molecule has 0 aromatic carbocycles. The van der Waals surface area contributed by atoms with Gasteiger partial charge in [0.15, 0.2) is 0 Å². The number of hydrogen-bond acceptors (Lipinski definition) is 2. The molecule has 2 saturated carbocycles. The summed E-state index contributed by atoms with van der Waals surface area (Å²) >= 11 is 0. The van der Waals surface area contributed by atoms with Gasteiger partial charge in [-0.05, 0) is 83.0 Å². The molecular weight excluding hydrogens is 306 g/mol. The van der Waals surface area contributed by atoms with Gasteiger partial charge in [0.2, 0.25) is 0 Å². The van der Waals surface area contributed by atoms with Gasteiger partial charge in [-0.3, -0.25) is 0 Å². The van der Waals surface area contributed by atoms with Crippen molar-refractivity contribution in [3.05, 3.63) is 23.3 Å². The molecule has 2 fully saturated rings. The Balaban J connectivity index is 1.60. The second kappa shape index (κ2) is 10.5. The number of ether oxygens (including phenoxy) is 1. The minimum Gasteiger partial charge on any atom is -0.376 e. The van der Waals surface area contributed by atoms with Gasteiger partial charge in [0.05, 0.1) is 12.7 Å². The van der Waals surface area contributed by atoms with Crippen molar-refractivity contribution in [3.63, 3.8) is 0 Å². The van der Waals surface area contributed by atoms with E-state index in [-0.39, 0.29) is 0 Å². The number of fused-ring (bicyclic) bond motifs is 2. The number of rotatable bonds is 9. The Kier molecular flexibility index (Phi) is 8.72. The van der Waals surface area contributed by atoms with Gasteiger partial charge in [-0.15, -0.1) is 0 Å². The van der Waals surface area contributed by atoms with E-state index in [1.807, 2.05) is 0 Å². The first-order chi connectivity index (χ1) is 12.0. The first kappa shape index (κ1) is 20.7. The van der Waals surface area contributed by atoms with E-state index >= 15 is 0 Å². The number of allylic oxidation sites excluding steroid dienone is 3. The zero-order chi connectivity index (χ0) is 18.2. The Morgan fingerprint density at radius 3 is 2.60 bits per heavy atom. The van der Waals surface area contributed by atoms with Crippen LogP contribution in [0.4, 0.5) is 0 Å². The van der Waals surface area contributed by atoms with Crippen molar-refractivity contribution in [3.8, 4) is 0 Å². The Bertz CT molecular complexity index is 445. The maximum absolute atomic E-state index is 6.34. The second-order valence-electron chi connectivity index (χ2n) is 9.06. The van der Waals surface area contributed by atoms with Crippen LogP contribution in [0.5, 0.6) is 0 Å². The SMILES string of the molecule is CC(C)=CCC/C(C)=C/CNCCOC1C(C)CC2CC(C)CC1C2. The van der Waals surface area contributed by atoms with E-state index < -0.39 is 0 Å². The van der Waals surface area contributed by atoms with Crippen LogP contribution in [0.3, 0.4) is 0 Å². The monoisotopic (exact) mass is 347 g/mol. The lowest BCUT2D eigenvalue weighted by Gasteiger charge is -2.46. The minimum absolute atomic E-state index is 0.502. The summed E-state index contributed by atoms with van der Waals surface area (Å²) in [6.07, 6.45) is 13.1. The topological polar surface area (TPSA) is 21.3 Å². The Hall–Kier alpha value is -0.600. The zero-order valence-corrected chi connectivity index (χ0v) is 17.3. The van der Waals surface area contributed by atoms with Gasteiger partial charge in [0.1, 0.15) is 0 Å². The van der Waals surface area contributed by atoms with Crippen molar-refractivity contribution in [1.29, 1.82) is 0 Å². The summed E-state index contributed by atoms with van der Waals surface area (Å²) in [5.41, 5.74) is 2.90. The molecule has 2 aliphatic rings. The molecule has 0 aromatic rings. The summed E-state index contributed by atoms with van der Waals surface area (Å²) < 4.78 is 6.34. The first-order valence-electron chi connectivity index (χ1n) is 10.6. The third-order valence-electron chi connectivity index (χ3n) is 6.08. The maximum Gasteiger partial charge on any atom is 0.0629 e. The summed E-state index contributed by atoms with van der Waals surface area (Å²) in [6, 6.07) is 0. The van der Waals surface area contributed by atoms with Gasteiger partial charge < -0.3 is 10.1 Å². The largest absolute Gasteiger partial charge is 0.376 e. The average molecular weight is 348 g/mol. The molecule has 2 rings (SSSR count). The Morgan fingerprint density at radius 2 is 1.84 bits per heavy atom. The molecule has 5 atom stereocenters. The van der Waals surface area contributed by atoms with Crippen LogP contribution in [-0.4, -0.2) is 25.8 Å². The fourth-order valence-electron chi connectivity index (χ4n) is 4.99. The molecule has 0 aliphatic heterocycles. The van der Waals surface area contributed by atoms with Crippen LogP contribution in [-0.2, 0) is 4.74 Å². The minimum atomic E-state index is 0.502. The van der Waals surface area contributed by atoms with Gasteiger partial charge in [-0.2, -0.15) is 0 Å². The summed E-state index contributed by atoms with van der Waals surface area (Å²) in [6.45, 7) is 14.2. The quantitative estimate of drug-likeness (QED) is 0.424. The van der Waals surface area contributed by atoms with E-state index in [1.165, 1.54) is 43.3 Å². The predicted octanol–water partition coefficient (Wildman–Crippen LogP) is 5.75.